The Morgan fingerprint density at radius 2 is 1.96 bits per heavy atom. The van der Waals surface area contributed by atoms with Crippen molar-refractivity contribution in [2.45, 2.75) is 26.1 Å². The zero-order valence-electron chi connectivity index (χ0n) is 12.9. The summed E-state index contributed by atoms with van der Waals surface area (Å²) in [6.45, 7) is 0.721. The zero-order chi connectivity index (χ0) is 17.9. The summed E-state index contributed by atoms with van der Waals surface area (Å²) in [5, 5.41) is 8.85. The normalized spacial score (nSPS) is 11.7. The molecule has 0 aliphatic rings. The maximum Gasteiger partial charge on any atom is 0.449 e. The van der Waals surface area contributed by atoms with Crippen molar-refractivity contribution in [1.82, 2.24) is 14.5 Å². The van der Waals surface area contributed by atoms with Crippen LogP contribution in [0.25, 0.3) is 11.0 Å². The third kappa shape index (κ3) is 3.84. The van der Waals surface area contributed by atoms with Gasteiger partial charge in [-0.05, 0) is 18.6 Å². The van der Waals surface area contributed by atoms with Gasteiger partial charge in [-0.3, -0.25) is 9.59 Å². The number of alkyl halides is 3. The second kappa shape index (κ2) is 6.90. The summed E-state index contributed by atoms with van der Waals surface area (Å²) in [4.78, 5) is 27.7. The predicted molar refractivity (Wildman–Crippen MR) is 79.2 cm³/mol. The average Bonchev–Trinajstić information content (AvgIpc) is 2.85. The van der Waals surface area contributed by atoms with Crippen LogP contribution in [0.15, 0.2) is 24.3 Å². The number of imidazole rings is 1. The van der Waals surface area contributed by atoms with Crippen molar-refractivity contribution in [2.24, 2.45) is 0 Å². The third-order valence-corrected chi connectivity index (χ3v) is 3.37. The van der Waals surface area contributed by atoms with Crippen LogP contribution in [0.5, 0.6) is 0 Å². The van der Waals surface area contributed by atoms with Gasteiger partial charge < -0.3 is 14.6 Å². The van der Waals surface area contributed by atoms with Gasteiger partial charge in [-0.1, -0.05) is 19.1 Å². The molecule has 130 valence electrons. The molecule has 0 atom stereocenters. The Morgan fingerprint density at radius 1 is 1.29 bits per heavy atom. The van der Waals surface area contributed by atoms with Crippen molar-refractivity contribution in [3.8, 4) is 0 Å². The van der Waals surface area contributed by atoms with E-state index >= 15 is 0 Å². The molecule has 1 N–H and O–H groups in total. The van der Waals surface area contributed by atoms with E-state index in [1.165, 1.54) is 12.1 Å². The van der Waals surface area contributed by atoms with Crippen molar-refractivity contribution < 1.29 is 27.9 Å². The first kappa shape index (κ1) is 17.8. The van der Waals surface area contributed by atoms with Crippen LogP contribution < -0.4 is 0 Å². The smallest absolute Gasteiger partial charge is 0.449 e. The van der Waals surface area contributed by atoms with Crippen LogP contribution in [-0.2, 0) is 22.3 Å². The molecule has 0 spiro atoms. The number of aromatic nitrogens is 2. The van der Waals surface area contributed by atoms with E-state index in [0.29, 0.717) is 6.42 Å². The van der Waals surface area contributed by atoms with E-state index in [0.717, 1.165) is 9.47 Å². The highest BCUT2D eigenvalue weighted by Gasteiger charge is 2.38. The quantitative estimate of drug-likeness (QED) is 0.874. The molecule has 24 heavy (non-hydrogen) atoms. The van der Waals surface area contributed by atoms with Crippen LogP contribution in [-0.4, -0.2) is 44.5 Å². The lowest BCUT2D eigenvalue weighted by Gasteiger charge is -2.21. The summed E-state index contributed by atoms with van der Waals surface area (Å²) in [6.07, 6.45) is -4.22. The van der Waals surface area contributed by atoms with E-state index in [1.54, 1.807) is 19.1 Å². The average molecular weight is 343 g/mol. The lowest BCUT2D eigenvalue weighted by Crippen LogP contribution is -2.38. The summed E-state index contributed by atoms with van der Waals surface area (Å²) in [7, 11) is 0. The number of hydrogen-bond donors (Lipinski definition) is 1. The Kier molecular flexibility index (Phi) is 5.10. The minimum atomic E-state index is -4.72. The van der Waals surface area contributed by atoms with Crippen molar-refractivity contribution in [3.63, 3.8) is 0 Å². The van der Waals surface area contributed by atoms with Crippen LogP contribution in [0.2, 0.25) is 0 Å². The molecule has 0 fully saturated rings. The topological polar surface area (TPSA) is 75.4 Å². The Balaban J connectivity index is 2.40. The molecule has 6 nitrogen and oxygen atoms in total. The van der Waals surface area contributed by atoms with Gasteiger partial charge in [0.2, 0.25) is 11.7 Å². The Hall–Kier alpha value is -2.58. The maximum absolute atomic E-state index is 13.2. The van der Waals surface area contributed by atoms with Crippen molar-refractivity contribution >= 4 is 22.9 Å². The fourth-order valence-electron chi connectivity index (χ4n) is 2.41. The van der Waals surface area contributed by atoms with Crippen LogP contribution in [0.1, 0.15) is 19.2 Å². The van der Waals surface area contributed by atoms with Crippen LogP contribution in [0, 0.1) is 0 Å². The number of aliphatic carboxylic acids is 1. The predicted octanol–water partition coefficient (Wildman–Crippen LogP) is 2.38. The molecule has 1 aromatic heterocycles. The molecular formula is C15H16F3N3O3. The Morgan fingerprint density at radius 3 is 2.54 bits per heavy atom. The first-order chi connectivity index (χ1) is 11.2. The SMILES string of the molecule is CCCN(CC(=O)O)C(=O)Cn1c(C(F)(F)F)nc2ccccc21. The Labute approximate surface area is 135 Å². The van der Waals surface area contributed by atoms with Crippen LogP contribution >= 0.6 is 0 Å². The molecule has 2 aromatic rings. The van der Waals surface area contributed by atoms with E-state index < -0.39 is 37.0 Å². The van der Waals surface area contributed by atoms with E-state index in [2.05, 4.69) is 4.98 Å². The van der Waals surface area contributed by atoms with Gasteiger partial charge in [0.1, 0.15) is 13.1 Å². The monoisotopic (exact) mass is 343 g/mol. The number of carboxylic acids is 1. The van der Waals surface area contributed by atoms with Gasteiger partial charge in [-0.2, -0.15) is 13.2 Å². The minimum absolute atomic E-state index is 0.123. The van der Waals surface area contributed by atoms with Crippen molar-refractivity contribution in [2.75, 3.05) is 13.1 Å². The summed E-state index contributed by atoms with van der Waals surface area (Å²) >= 11 is 0. The van der Waals surface area contributed by atoms with E-state index in [-0.39, 0.29) is 17.6 Å². The molecule has 0 unspecified atom stereocenters. The highest BCUT2D eigenvalue weighted by molar-refractivity contribution is 5.83. The fourth-order valence-corrected chi connectivity index (χ4v) is 2.41. The molecule has 0 bridgehead atoms. The summed E-state index contributed by atoms with van der Waals surface area (Å²) in [6, 6.07) is 5.96. The molecule has 2 rings (SSSR count). The van der Waals surface area contributed by atoms with E-state index in [9.17, 15) is 22.8 Å². The van der Waals surface area contributed by atoms with Gasteiger partial charge in [0.25, 0.3) is 0 Å². The summed E-state index contributed by atoms with van der Waals surface area (Å²) in [5.74, 6) is -3.10. The van der Waals surface area contributed by atoms with Gasteiger partial charge in [-0.25, -0.2) is 4.98 Å². The number of carbonyl (C=O) groups is 2. The molecule has 1 amide bonds. The summed E-state index contributed by atoms with van der Waals surface area (Å²) < 4.78 is 40.4. The first-order valence-corrected chi connectivity index (χ1v) is 7.26. The number of fused-ring (bicyclic) bond motifs is 1. The lowest BCUT2D eigenvalue weighted by molar-refractivity contribution is -0.149. The van der Waals surface area contributed by atoms with Gasteiger partial charge in [0.15, 0.2) is 0 Å². The van der Waals surface area contributed by atoms with Gasteiger partial charge >= 0.3 is 12.1 Å². The number of carbonyl (C=O) groups excluding carboxylic acids is 1. The molecule has 0 aliphatic heterocycles. The molecule has 0 aliphatic carbocycles. The number of hydrogen-bond acceptors (Lipinski definition) is 3. The fraction of sp³-hybridized carbons (Fsp3) is 0.400. The van der Waals surface area contributed by atoms with Gasteiger partial charge in [0.05, 0.1) is 11.0 Å². The number of benzene rings is 1. The summed E-state index contributed by atoms with van der Waals surface area (Å²) in [5.41, 5.74) is 0.294. The zero-order valence-corrected chi connectivity index (χ0v) is 12.9. The molecule has 0 saturated carbocycles. The second-order valence-corrected chi connectivity index (χ2v) is 5.22. The molecule has 0 saturated heterocycles. The van der Waals surface area contributed by atoms with Crippen LogP contribution in [0.4, 0.5) is 13.2 Å². The molecular weight excluding hydrogens is 327 g/mol. The van der Waals surface area contributed by atoms with Crippen molar-refractivity contribution in [1.29, 1.82) is 0 Å². The number of nitrogens with zero attached hydrogens (tertiary/aromatic N) is 3. The van der Waals surface area contributed by atoms with Crippen LogP contribution in [0.3, 0.4) is 0 Å². The highest BCUT2D eigenvalue weighted by atomic mass is 19.4. The minimum Gasteiger partial charge on any atom is -0.480 e. The van der Waals surface area contributed by atoms with Crippen molar-refractivity contribution in [3.05, 3.63) is 30.1 Å². The van der Waals surface area contributed by atoms with E-state index in [1.807, 2.05) is 0 Å². The molecule has 9 heteroatoms. The maximum atomic E-state index is 13.2. The van der Waals surface area contributed by atoms with E-state index in [4.69, 9.17) is 5.11 Å². The number of carboxylic acid groups (broad SMARTS) is 1. The molecule has 1 heterocycles. The third-order valence-electron chi connectivity index (χ3n) is 3.37. The molecule has 1 aromatic carbocycles. The van der Waals surface area contributed by atoms with Gasteiger partial charge in [0, 0.05) is 6.54 Å². The van der Waals surface area contributed by atoms with Gasteiger partial charge in [-0.15, -0.1) is 0 Å². The second-order valence-electron chi connectivity index (χ2n) is 5.22. The number of rotatable bonds is 6. The first-order valence-electron chi connectivity index (χ1n) is 7.26. The highest BCUT2D eigenvalue weighted by Crippen LogP contribution is 2.31. The number of amides is 1. The Bertz CT molecular complexity index is 755. The number of halogens is 3. The standard InChI is InChI=1S/C15H16F3N3O3/c1-2-7-20(9-13(23)24)12(22)8-21-11-6-4-3-5-10(11)19-14(21)15(16,17)18/h3-6H,2,7-9H2,1H3,(H,23,24). The molecule has 0 radical (unpaired) electrons. The lowest BCUT2D eigenvalue weighted by atomic mass is 10.3. The number of para-hydroxylation sites is 2. The largest absolute Gasteiger partial charge is 0.480 e.